The molecule has 0 heterocycles. The molecule has 96 valence electrons. The van der Waals surface area contributed by atoms with Gasteiger partial charge in [0.25, 0.3) is 0 Å². The van der Waals surface area contributed by atoms with Crippen LogP contribution < -0.4 is 5.32 Å². The van der Waals surface area contributed by atoms with Crippen LogP contribution in [0.4, 0.5) is 5.69 Å². The molecule has 1 unspecified atom stereocenters. The molecule has 0 spiro atoms. The van der Waals surface area contributed by atoms with Crippen LogP contribution in [0.3, 0.4) is 0 Å². The molecule has 2 rings (SSSR count). The Morgan fingerprint density at radius 3 is 2.47 bits per heavy atom. The highest BCUT2D eigenvalue weighted by Gasteiger charge is 2.08. The molecular formula is C16H15ClN2. The maximum Gasteiger partial charge on any atom is 0.0991 e. The lowest BCUT2D eigenvalue weighted by atomic mass is 10.1. The van der Waals surface area contributed by atoms with Crippen molar-refractivity contribution in [3.05, 3.63) is 64.2 Å². The van der Waals surface area contributed by atoms with Gasteiger partial charge in [0, 0.05) is 6.04 Å². The van der Waals surface area contributed by atoms with Crippen LogP contribution in [0.5, 0.6) is 0 Å². The summed E-state index contributed by atoms with van der Waals surface area (Å²) < 4.78 is 0. The first kappa shape index (κ1) is 13.5. The van der Waals surface area contributed by atoms with Gasteiger partial charge in [-0.3, -0.25) is 0 Å². The summed E-state index contributed by atoms with van der Waals surface area (Å²) in [6, 6.07) is 15.7. The molecule has 0 amide bonds. The maximum atomic E-state index is 8.79. The fourth-order valence-electron chi connectivity index (χ4n) is 1.91. The Hall–Kier alpha value is -1.98. The zero-order valence-corrected chi connectivity index (χ0v) is 11.7. The van der Waals surface area contributed by atoms with E-state index in [0.717, 1.165) is 11.3 Å². The topological polar surface area (TPSA) is 35.8 Å². The van der Waals surface area contributed by atoms with Gasteiger partial charge in [0.1, 0.15) is 0 Å². The van der Waals surface area contributed by atoms with Gasteiger partial charge < -0.3 is 5.32 Å². The Labute approximate surface area is 118 Å². The van der Waals surface area contributed by atoms with Crippen molar-refractivity contribution in [2.24, 2.45) is 0 Å². The van der Waals surface area contributed by atoms with E-state index in [1.165, 1.54) is 5.56 Å². The van der Waals surface area contributed by atoms with Crippen molar-refractivity contribution in [3.8, 4) is 6.07 Å². The Kier molecular flexibility index (Phi) is 4.09. The van der Waals surface area contributed by atoms with Crippen molar-refractivity contribution in [2.45, 2.75) is 19.9 Å². The fourth-order valence-corrected chi connectivity index (χ4v) is 2.08. The summed E-state index contributed by atoms with van der Waals surface area (Å²) in [5.41, 5.74) is 3.89. The average molecular weight is 271 g/mol. The Morgan fingerprint density at radius 2 is 1.84 bits per heavy atom. The molecule has 3 heteroatoms. The van der Waals surface area contributed by atoms with Crippen molar-refractivity contribution in [1.82, 2.24) is 0 Å². The van der Waals surface area contributed by atoms with Crippen LogP contribution in [-0.2, 0) is 0 Å². The molecule has 0 radical (unpaired) electrons. The molecule has 2 aromatic rings. The molecule has 0 bridgehead atoms. The third-order valence-corrected chi connectivity index (χ3v) is 3.36. The molecule has 0 aromatic heterocycles. The number of halogens is 1. The van der Waals surface area contributed by atoms with E-state index in [0.29, 0.717) is 10.6 Å². The second-order valence-corrected chi connectivity index (χ2v) is 4.99. The highest BCUT2D eigenvalue weighted by molar-refractivity contribution is 6.33. The third-order valence-electron chi connectivity index (χ3n) is 3.03. The van der Waals surface area contributed by atoms with Crippen molar-refractivity contribution in [1.29, 1.82) is 5.26 Å². The van der Waals surface area contributed by atoms with E-state index in [4.69, 9.17) is 16.9 Å². The SMILES string of the molecule is Cc1ccc(Cl)c(NC(C)c2ccc(C#N)cc2)c1. The largest absolute Gasteiger partial charge is 0.377 e. The minimum atomic E-state index is 0.132. The van der Waals surface area contributed by atoms with Crippen molar-refractivity contribution < 1.29 is 0 Å². The van der Waals surface area contributed by atoms with Gasteiger partial charge in [-0.1, -0.05) is 29.8 Å². The number of nitriles is 1. The van der Waals surface area contributed by atoms with E-state index in [1.807, 2.05) is 49.4 Å². The molecule has 1 atom stereocenters. The quantitative estimate of drug-likeness (QED) is 0.878. The summed E-state index contributed by atoms with van der Waals surface area (Å²) in [6.07, 6.45) is 0. The molecule has 0 aliphatic heterocycles. The molecule has 0 saturated heterocycles. The van der Waals surface area contributed by atoms with Crippen LogP contribution >= 0.6 is 11.6 Å². The maximum absolute atomic E-state index is 8.79. The second kappa shape index (κ2) is 5.77. The first-order chi connectivity index (χ1) is 9.10. The average Bonchev–Trinajstić information content (AvgIpc) is 2.43. The number of aryl methyl sites for hydroxylation is 1. The summed E-state index contributed by atoms with van der Waals surface area (Å²) in [7, 11) is 0. The van der Waals surface area contributed by atoms with Crippen LogP contribution in [0.15, 0.2) is 42.5 Å². The number of benzene rings is 2. The molecule has 19 heavy (non-hydrogen) atoms. The Morgan fingerprint density at radius 1 is 1.16 bits per heavy atom. The summed E-state index contributed by atoms with van der Waals surface area (Å²) in [6.45, 7) is 4.11. The van der Waals surface area contributed by atoms with Gasteiger partial charge in [-0.2, -0.15) is 5.26 Å². The molecule has 0 aliphatic carbocycles. The van der Waals surface area contributed by atoms with E-state index >= 15 is 0 Å². The van der Waals surface area contributed by atoms with Crippen molar-refractivity contribution >= 4 is 17.3 Å². The molecule has 0 fully saturated rings. The van der Waals surface area contributed by atoms with Gasteiger partial charge in [-0.15, -0.1) is 0 Å². The lowest BCUT2D eigenvalue weighted by molar-refractivity contribution is 0.884. The van der Waals surface area contributed by atoms with Crippen LogP contribution in [0, 0.1) is 18.3 Å². The Bertz CT molecular complexity index is 612. The highest BCUT2D eigenvalue weighted by atomic mass is 35.5. The predicted molar refractivity (Wildman–Crippen MR) is 79.4 cm³/mol. The molecular weight excluding hydrogens is 256 g/mol. The molecule has 1 N–H and O–H groups in total. The monoisotopic (exact) mass is 270 g/mol. The fraction of sp³-hybridized carbons (Fsp3) is 0.188. The van der Waals surface area contributed by atoms with Gasteiger partial charge in [0.15, 0.2) is 0 Å². The highest BCUT2D eigenvalue weighted by Crippen LogP contribution is 2.27. The number of nitrogens with one attached hydrogen (secondary N) is 1. The number of hydrogen-bond acceptors (Lipinski definition) is 2. The summed E-state index contributed by atoms with van der Waals surface area (Å²) in [4.78, 5) is 0. The van der Waals surface area contributed by atoms with E-state index in [2.05, 4.69) is 18.3 Å². The Balaban J connectivity index is 2.18. The van der Waals surface area contributed by atoms with Crippen LogP contribution in [0.25, 0.3) is 0 Å². The van der Waals surface area contributed by atoms with Gasteiger partial charge in [-0.05, 0) is 49.2 Å². The molecule has 0 aliphatic rings. The molecule has 2 aromatic carbocycles. The number of rotatable bonds is 3. The number of hydrogen-bond donors (Lipinski definition) is 1. The van der Waals surface area contributed by atoms with Gasteiger partial charge in [0.05, 0.1) is 22.3 Å². The number of nitrogens with zero attached hydrogens (tertiary/aromatic N) is 1. The zero-order chi connectivity index (χ0) is 13.8. The van der Waals surface area contributed by atoms with Gasteiger partial charge in [-0.25, -0.2) is 0 Å². The molecule has 0 saturated carbocycles. The van der Waals surface area contributed by atoms with Gasteiger partial charge in [0.2, 0.25) is 0 Å². The minimum Gasteiger partial charge on any atom is -0.377 e. The van der Waals surface area contributed by atoms with Gasteiger partial charge >= 0.3 is 0 Å². The van der Waals surface area contributed by atoms with Crippen molar-refractivity contribution in [2.75, 3.05) is 5.32 Å². The summed E-state index contributed by atoms with van der Waals surface area (Å²) in [5.74, 6) is 0. The number of anilines is 1. The lowest BCUT2D eigenvalue weighted by Gasteiger charge is -2.17. The standard InChI is InChI=1S/C16H15ClN2/c1-11-3-8-15(17)16(9-11)19-12(2)14-6-4-13(10-18)5-7-14/h3-9,12,19H,1-2H3. The van der Waals surface area contributed by atoms with Crippen LogP contribution in [-0.4, -0.2) is 0 Å². The van der Waals surface area contributed by atoms with E-state index in [1.54, 1.807) is 0 Å². The molecule has 2 nitrogen and oxygen atoms in total. The first-order valence-electron chi connectivity index (χ1n) is 6.13. The zero-order valence-electron chi connectivity index (χ0n) is 10.9. The van der Waals surface area contributed by atoms with E-state index < -0.39 is 0 Å². The summed E-state index contributed by atoms with van der Waals surface area (Å²) >= 11 is 6.17. The van der Waals surface area contributed by atoms with E-state index in [-0.39, 0.29) is 6.04 Å². The van der Waals surface area contributed by atoms with Crippen LogP contribution in [0.2, 0.25) is 5.02 Å². The second-order valence-electron chi connectivity index (χ2n) is 4.58. The lowest BCUT2D eigenvalue weighted by Crippen LogP contribution is -2.07. The van der Waals surface area contributed by atoms with E-state index in [9.17, 15) is 0 Å². The van der Waals surface area contributed by atoms with Crippen LogP contribution in [0.1, 0.15) is 29.7 Å². The normalized spacial score (nSPS) is 11.7. The first-order valence-corrected chi connectivity index (χ1v) is 6.50. The van der Waals surface area contributed by atoms with Crippen molar-refractivity contribution in [3.63, 3.8) is 0 Å². The summed E-state index contributed by atoms with van der Waals surface area (Å²) in [5, 5.41) is 12.9. The smallest absolute Gasteiger partial charge is 0.0991 e. The third kappa shape index (κ3) is 3.27. The minimum absolute atomic E-state index is 0.132. The predicted octanol–water partition coefficient (Wildman–Crippen LogP) is 4.69.